The van der Waals surface area contributed by atoms with E-state index in [0.29, 0.717) is 24.9 Å². The van der Waals surface area contributed by atoms with E-state index in [2.05, 4.69) is 10.3 Å². The second-order valence-electron chi connectivity index (χ2n) is 4.27. The zero-order valence-electron chi connectivity index (χ0n) is 9.30. The molecule has 2 rings (SSSR count). The van der Waals surface area contributed by atoms with Crippen LogP contribution in [0.25, 0.3) is 0 Å². The predicted octanol–water partition coefficient (Wildman–Crippen LogP) is 1.52. The fourth-order valence-electron chi connectivity index (χ4n) is 2.12. The van der Waals surface area contributed by atoms with Crippen molar-refractivity contribution in [2.45, 2.75) is 19.3 Å². The molecule has 0 aromatic carbocycles. The molecule has 1 fully saturated rings. The minimum absolute atomic E-state index is 0.0973. The molecule has 2 atom stereocenters. The molecule has 5 heteroatoms. The number of carboxylic acid groups (broad SMARTS) is 1. The van der Waals surface area contributed by atoms with E-state index in [1.165, 1.54) is 0 Å². The number of pyridine rings is 1. The van der Waals surface area contributed by atoms with E-state index in [-0.39, 0.29) is 17.7 Å². The Morgan fingerprint density at radius 1 is 1.24 bits per heavy atom. The highest BCUT2D eigenvalue weighted by Crippen LogP contribution is 2.31. The molecule has 0 spiro atoms. The lowest BCUT2D eigenvalue weighted by molar-refractivity contribution is -0.141. The number of anilines is 1. The Balaban J connectivity index is 1.92. The Kier molecular flexibility index (Phi) is 3.37. The van der Waals surface area contributed by atoms with E-state index in [1.807, 2.05) is 0 Å². The third-order valence-electron chi connectivity index (χ3n) is 3.10. The Labute approximate surface area is 98.9 Å². The molecule has 0 aliphatic heterocycles. The summed E-state index contributed by atoms with van der Waals surface area (Å²) in [6.07, 6.45) is 4.87. The van der Waals surface area contributed by atoms with Gasteiger partial charge in [0.25, 0.3) is 0 Å². The Morgan fingerprint density at radius 2 is 1.88 bits per heavy atom. The fraction of sp³-hybridized carbons (Fsp3) is 0.417. The predicted molar refractivity (Wildman–Crippen MR) is 61.3 cm³/mol. The summed E-state index contributed by atoms with van der Waals surface area (Å²) in [6, 6.07) is 3.42. The maximum atomic E-state index is 11.9. The minimum atomic E-state index is -0.802. The standard InChI is InChI=1S/C12H14N2O3/c15-11(14-10-3-5-13-6-4-10)8-1-2-9(7-8)12(16)17/h3-6,8-9H,1-2,7H2,(H,16,17)(H,13,14,15). The number of aliphatic carboxylic acids is 1. The first-order valence-electron chi connectivity index (χ1n) is 5.60. The van der Waals surface area contributed by atoms with Crippen molar-refractivity contribution in [2.75, 3.05) is 5.32 Å². The van der Waals surface area contributed by atoms with E-state index in [4.69, 9.17) is 5.11 Å². The van der Waals surface area contributed by atoms with Gasteiger partial charge in [0, 0.05) is 24.0 Å². The maximum Gasteiger partial charge on any atom is 0.306 e. The Hall–Kier alpha value is -1.91. The Bertz CT molecular complexity index is 419. The van der Waals surface area contributed by atoms with Crippen LogP contribution in [-0.4, -0.2) is 22.0 Å². The maximum absolute atomic E-state index is 11.9. The summed E-state index contributed by atoms with van der Waals surface area (Å²) in [4.78, 5) is 26.5. The summed E-state index contributed by atoms with van der Waals surface area (Å²) < 4.78 is 0. The number of aromatic nitrogens is 1. The van der Waals surface area contributed by atoms with Gasteiger partial charge in [0.15, 0.2) is 0 Å². The summed E-state index contributed by atoms with van der Waals surface area (Å²) in [5.74, 6) is -1.46. The van der Waals surface area contributed by atoms with Crippen LogP contribution in [0.15, 0.2) is 24.5 Å². The molecule has 2 unspecified atom stereocenters. The van der Waals surface area contributed by atoms with Gasteiger partial charge in [-0.2, -0.15) is 0 Å². The van der Waals surface area contributed by atoms with Crippen LogP contribution in [0.1, 0.15) is 19.3 Å². The molecular weight excluding hydrogens is 220 g/mol. The number of hydrogen-bond donors (Lipinski definition) is 2. The topological polar surface area (TPSA) is 79.3 Å². The minimum Gasteiger partial charge on any atom is -0.481 e. The summed E-state index contributed by atoms with van der Waals surface area (Å²) >= 11 is 0. The zero-order valence-corrected chi connectivity index (χ0v) is 9.30. The molecule has 1 heterocycles. The first-order chi connectivity index (χ1) is 8.16. The van der Waals surface area contributed by atoms with Gasteiger partial charge in [0.2, 0.25) is 5.91 Å². The van der Waals surface area contributed by atoms with Crippen LogP contribution in [0.3, 0.4) is 0 Å². The lowest BCUT2D eigenvalue weighted by atomic mass is 10.0. The summed E-state index contributed by atoms with van der Waals surface area (Å²) in [6.45, 7) is 0. The number of carboxylic acids is 1. The highest BCUT2D eigenvalue weighted by atomic mass is 16.4. The third-order valence-corrected chi connectivity index (χ3v) is 3.10. The molecule has 1 aliphatic carbocycles. The van der Waals surface area contributed by atoms with Gasteiger partial charge in [-0.3, -0.25) is 14.6 Å². The summed E-state index contributed by atoms with van der Waals surface area (Å²) in [5, 5.41) is 11.6. The second-order valence-corrected chi connectivity index (χ2v) is 4.27. The number of hydrogen-bond acceptors (Lipinski definition) is 3. The van der Waals surface area contributed by atoms with Gasteiger partial charge < -0.3 is 10.4 Å². The van der Waals surface area contributed by atoms with Gasteiger partial charge in [-0.1, -0.05) is 0 Å². The van der Waals surface area contributed by atoms with Crippen molar-refractivity contribution in [3.05, 3.63) is 24.5 Å². The average Bonchev–Trinajstić information content (AvgIpc) is 2.79. The van der Waals surface area contributed by atoms with E-state index in [9.17, 15) is 9.59 Å². The monoisotopic (exact) mass is 234 g/mol. The molecule has 90 valence electrons. The number of amides is 1. The summed E-state index contributed by atoms with van der Waals surface area (Å²) in [5.41, 5.74) is 0.698. The van der Waals surface area contributed by atoms with Crippen LogP contribution >= 0.6 is 0 Å². The lowest BCUT2D eigenvalue weighted by Gasteiger charge is -2.10. The van der Waals surface area contributed by atoms with Crippen molar-refractivity contribution in [2.24, 2.45) is 11.8 Å². The largest absolute Gasteiger partial charge is 0.481 e. The van der Waals surface area contributed by atoms with Crippen molar-refractivity contribution in [1.29, 1.82) is 0 Å². The lowest BCUT2D eigenvalue weighted by Crippen LogP contribution is -2.21. The van der Waals surface area contributed by atoms with Crippen molar-refractivity contribution >= 4 is 17.6 Å². The zero-order chi connectivity index (χ0) is 12.3. The molecule has 5 nitrogen and oxygen atoms in total. The van der Waals surface area contributed by atoms with E-state index < -0.39 is 5.97 Å². The quantitative estimate of drug-likeness (QED) is 0.831. The molecule has 0 radical (unpaired) electrons. The van der Waals surface area contributed by atoms with E-state index in [1.54, 1.807) is 24.5 Å². The average molecular weight is 234 g/mol. The van der Waals surface area contributed by atoms with E-state index in [0.717, 1.165) is 0 Å². The van der Waals surface area contributed by atoms with Crippen molar-refractivity contribution in [3.8, 4) is 0 Å². The molecule has 1 saturated carbocycles. The van der Waals surface area contributed by atoms with Crippen LogP contribution in [0.5, 0.6) is 0 Å². The van der Waals surface area contributed by atoms with Crippen molar-refractivity contribution in [1.82, 2.24) is 4.98 Å². The van der Waals surface area contributed by atoms with Crippen LogP contribution in [0.4, 0.5) is 5.69 Å². The molecule has 2 N–H and O–H groups in total. The van der Waals surface area contributed by atoms with Gasteiger partial charge in [-0.05, 0) is 31.4 Å². The molecular formula is C12H14N2O3. The number of carbonyl (C=O) groups is 2. The number of nitrogens with zero attached hydrogens (tertiary/aromatic N) is 1. The van der Waals surface area contributed by atoms with Crippen molar-refractivity contribution < 1.29 is 14.7 Å². The van der Waals surface area contributed by atoms with E-state index >= 15 is 0 Å². The molecule has 17 heavy (non-hydrogen) atoms. The van der Waals surface area contributed by atoms with Crippen LogP contribution in [0, 0.1) is 11.8 Å². The Morgan fingerprint density at radius 3 is 2.47 bits per heavy atom. The molecule has 1 amide bonds. The number of rotatable bonds is 3. The van der Waals surface area contributed by atoms with Gasteiger partial charge in [-0.25, -0.2) is 0 Å². The fourth-order valence-corrected chi connectivity index (χ4v) is 2.12. The van der Waals surface area contributed by atoms with Crippen LogP contribution < -0.4 is 5.32 Å². The smallest absolute Gasteiger partial charge is 0.306 e. The first-order valence-corrected chi connectivity index (χ1v) is 5.60. The van der Waals surface area contributed by atoms with Gasteiger partial charge in [0.1, 0.15) is 0 Å². The SMILES string of the molecule is O=C(O)C1CCC(C(=O)Nc2ccncc2)C1. The molecule has 1 aromatic rings. The molecule has 0 saturated heterocycles. The highest BCUT2D eigenvalue weighted by molar-refractivity contribution is 5.93. The number of nitrogens with one attached hydrogen (secondary N) is 1. The van der Waals surface area contributed by atoms with Crippen LogP contribution in [0.2, 0.25) is 0 Å². The second kappa shape index (κ2) is 4.95. The molecule has 1 aliphatic rings. The van der Waals surface area contributed by atoms with Crippen molar-refractivity contribution in [3.63, 3.8) is 0 Å². The van der Waals surface area contributed by atoms with Gasteiger partial charge in [0.05, 0.1) is 5.92 Å². The van der Waals surface area contributed by atoms with Gasteiger partial charge in [-0.15, -0.1) is 0 Å². The normalized spacial score (nSPS) is 23.3. The van der Waals surface area contributed by atoms with Crippen LogP contribution in [-0.2, 0) is 9.59 Å². The highest BCUT2D eigenvalue weighted by Gasteiger charge is 2.33. The third kappa shape index (κ3) is 2.81. The number of carbonyl (C=O) groups excluding carboxylic acids is 1. The molecule has 1 aromatic heterocycles. The van der Waals surface area contributed by atoms with Gasteiger partial charge >= 0.3 is 5.97 Å². The molecule has 0 bridgehead atoms. The summed E-state index contributed by atoms with van der Waals surface area (Å²) in [7, 11) is 0. The first kappa shape index (κ1) is 11.6.